The van der Waals surface area contributed by atoms with Crippen LogP contribution in [0.2, 0.25) is 0 Å². The summed E-state index contributed by atoms with van der Waals surface area (Å²) in [4.78, 5) is 0. The van der Waals surface area contributed by atoms with Crippen molar-refractivity contribution in [2.75, 3.05) is 0 Å². The molecule has 2 aromatic carbocycles. The maximum atomic E-state index is 10.6. The van der Waals surface area contributed by atoms with Crippen LogP contribution in [0, 0.1) is 13.8 Å². The van der Waals surface area contributed by atoms with Gasteiger partial charge in [0, 0.05) is 5.92 Å². The third-order valence-corrected chi connectivity index (χ3v) is 3.89. The predicted molar refractivity (Wildman–Crippen MR) is 85.1 cm³/mol. The zero-order valence-electron chi connectivity index (χ0n) is 12.6. The molecule has 106 valence electrons. The Morgan fingerprint density at radius 1 is 1.00 bits per heavy atom. The summed E-state index contributed by atoms with van der Waals surface area (Å²) in [6, 6.07) is 16.8. The molecule has 0 aliphatic carbocycles. The summed E-state index contributed by atoms with van der Waals surface area (Å²) >= 11 is 0. The molecule has 0 aliphatic rings. The first-order valence-electron chi connectivity index (χ1n) is 7.43. The van der Waals surface area contributed by atoms with Crippen LogP contribution >= 0.6 is 0 Å². The van der Waals surface area contributed by atoms with Crippen LogP contribution in [0.5, 0.6) is 0 Å². The first-order chi connectivity index (χ1) is 9.63. The standard InChI is InChI=1S/C19H24O/c1-4-8-18(20)19(16-9-6-5-7-10-16)17-12-11-14(2)13-15(17)3/h5-7,9-13,18-20H,4,8H2,1-3H3. The molecule has 1 heteroatoms. The average molecular weight is 268 g/mol. The Morgan fingerprint density at radius 2 is 1.70 bits per heavy atom. The molecular formula is C19H24O. The molecule has 0 bridgehead atoms. The van der Waals surface area contributed by atoms with E-state index in [1.807, 2.05) is 18.2 Å². The second kappa shape index (κ2) is 6.71. The molecule has 0 fully saturated rings. The van der Waals surface area contributed by atoms with Crippen LogP contribution in [-0.2, 0) is 0 Å². The molecule has 2 atom stereocenters. The van der Waals surface area contributed by atoms with Crippen LogP contribution in [0.15, 0.2) is 48.5 Å². The molecular weight excluding hydrogens is 244 g/mol. The highest BCUT2D eigenvalue weighted by atomic mass is 16.3. The molecule has 2 aromatic rings. The van der Waals surface area contributed by atoms with E-state index in [4.69, 9.17) is 0 Å². The van der Waals surface area contributed by atoms with Crippen LogP contribution in [0.1, 0.15) is 47.9 Å². The van der Waals surface area contributed by atoms with Gasteiger partial charge in [-0.05, 0) is 37.0 Å². The highest BCUT2D eigenvalue weighted by Gasteiger charge is 2.23. The molecule has 2 unspecified atom stereocenters. The second-order valence-corrected chi connectivity index (χ2v) is 5.60. The molecule has 0 radical (unpaired) electrons. The smallest absolute Gasteiger partial charge is 0.0649 e. The summed E-state index contributed by atoms with van der Waals surface area (Å²) in [7, 11) is 0. The number of rotatable bonds is 5. The Hall–Kier alpha value is -1.60. The maximum absolute atomic E-state index is 10.6. The SMILES string of the molecule is CCCC(O)C(c1ccccc1)c1ccc(C)cc1C. The third kappa shape index (κ3) is 3.29. The Bertz CT molecular complexity index is 545. The van der Waals surface area contributed by atoms with Gasteiger partial charge in [-0.25, -0.2) is 0 Å². The van der Waals surface area contributed by atoms with E-state index in [1.54, 1.807) is 0 Å². The summed E-state index contributed by atoms with van der Waals surface area (Å²) in [5, 5.41) is 10.6. The molecule has 1 nitrogen and oxygen atoms in total. The van der Waals surface area contributed by atoms with Crippen molar-refractivity contribution in [2.45, 2.75) is 45.6 Å². The van der Waals surface area contributed by atoms with Crippen LogP contribution in [-0.4, -0.2) is 11.2 Å². The highest BCUT2D eigenvalue weighted by Crippen LogP contribution is 2.32. The minimum absolute atomic E-state index is 0.0664. The van der Waals surface area contributed by atoms with Gasteiger partial charge >= 0.3 is 0 Å². The Kier molecular flexibility index (Phi) is 4.97. The Labute approximate surface area is 122 Å². The van der Waals surface area contributed by atoms with Crippen molar-refractivity contribution >= 4 is 0 Å². The Balaban J connectivity index is 2.46. The van der Waals surface area contributed by atoms with E-state index in [0.717, 1.165) is 12.8 Å². The average Bonchev–Trinajstić information content (AvgIpc) is 2.43. The van der Waals surface area contributed by atoms with E-state index < -0.39 is 0 Å². The van der Waals surface area contributed by atoms with Gasteiger partial charge in [-0.2, -0.15) is 0 Å². The Morgan fingerprint density at radius 3 is 2.30 bits per heavy atom. The lowest BCUT2D eigenvalue weighted by Crippen LogP contribution is -2.20. The lowest BCUT2D eigenvalue weighted by molar-refractivity contribution is 0.145. The van der Waals surface area contributed by atoms with Crippen molar-refractivity contribution in [3.8, 4) is 0 Å². The monoisotopic (exact) mass is 268 g/mol. The first kappa shape index (κ1) is 14.8. The summed E-state index contributed by atoms with van der Waals surface area (Å²) in [5.74, 6) is 0.0664. The minimum Gasteiger partial charge on any atom is -0.392 e. The number of aryl methyl sites for hydroxylation is 2. The predicted octanol–water partition coefficient (Wildman–Crippen LogP) is 4.60. The van der Waals surface area contributed by atoms with Gasteiger partial charge in [0.1, 0.15) is 0 Å². The molecule has 0 aromatic heterocycles. The molecule has 20 heavy (non-hydrogen) atoms. The van der Waals surface area contributed by atoms with Crippen molar-refractivity contribution in [3.63, 3.8) is 0 Å². The number of aliphatic hydroxyl groups excluding tert-OH is 1. The van der Waals surface area contributed by atoms with Gasteiger partial charge in [-0.1, -0.05) is 67.4 Å². The fourth-order valence-electron chi connectivity index (χ4n) is 2.91. The van der Waals surface area contributed by atoms with E-state index in [2.05, 4.69) is 51.1 Å². The van der Waals surface area contributed by atoms with Crippen molar-refractivity contribution in [1.29, 1.82) is 0 Å². The number of hydrogen-bond donors (Lipinski definition) is 1. The summed E-state index contributed by atoms with van der Waals surface area (Å²) in [5.41, 5.74) is 4.96. The van der Waals surface area contributed by atoms with Crippen LogP contribution in [0.3, 0.4) is 0 Å². The van der Waals surface area contributed by atoms with Crippen LogP contribution in [0.25, 0.3) is 0 Å². The van der Waals surface area contributed by atoms with Crippen LogP contribution < -0.4 is 0 Å². The molecule has 0 saturated carbocycles. The molecule has 0 aliphatic heterocycles. The molecule has 0 saturated heterocycles. The van der Waals surface area contributed by atoms with Gasteiger partial charge in [0.25, 0.3) is 0 Å². The van der Waals surface area contributed by atoms with E-state index in [0.29, 0.717) is 0 Å². The zero-order valence-corrected chi connectivity index (χ0v) is 12.6. The lowest BCUT2D eigenvalue weighted by atomic mass is 9.82. The van der Waals surface area contributed by atoms with E-state index in [-0.39, 0.29) is 12.0 Å². The topological polar surface area (TPSA) is 20.2 Å². The zero-order chi connectivity index (χ0) is 14.5. The fourth-order valence-corrected chi connectivity index (χ4v) is 2.91. The number of aliphatic hydroxyl groups is 1. The van der Waals surface area contributed by atoms with Crippen molar-refractivity contribution in [1.82, 2.24) is 0 Å². The molecule has 0 heterocycles. The minimum atomic E-state index is -0.330. The first-order valence-corrected chi connectivity index (χ1v) is 7.43. The summed E-state index contributed by atoms with van der Waals surface area (Å²) in [6.45, 7) is 6.36. The number of hydrogen-bond acceptors (Lipinski definition) is 1. The van der Waals surface area contributed by atoms with E-state index >= 15 is 0 Å². The van der Waals surface area contributed by atoms with Gasteiger partial charge in [0.2, 0.25) is 0 Å². The normalized spacial score (nSPS) is 14.0. The molecule has 1 N–H and O–H groups in total. The largest absolute Gasteiger partial charge is 0.392 e. The summed E-state index contributed by atoms with van der Waals surface area (Å²) in [6.07, 6.45) is 1.49. The van der Waals surface area contributed by atoms with Crippen molar-refractivity contribution < 1.29 is 5.11 Å². The van der Waals surface area contributed by atoms with E-state index in [9.17, 15) is 5.11 Å². The quantitative estimate of drug-likeness (QED) is 0.840. The van der Waals surface area contributed by atoms with Gasteiger partial charge in [0.05, 0.1) is 6.10 Å². The van der Waals surface area contributed by atoms with Crippen molar-refractivity contribution in [3.05, 3.63) is 70.8 Å². The molecule has 0 spiro atoms. The maximum Gasteiger partial charge on any atom is 0.0649 e. The van der Waals surface area contributed by atoms with Crippen LogP contribution in [0.4, 0.5) is 0 Å². The van der Waals surface area contributed by atoms with E-state index in [1.165, 1.54) is 22.3 Å². The third-order valence-electron chi connectivity index (χ3n) is 3.89. The molecule has 0 amide bonds. The van der Waals surface area contributed by atoms with Gasteiger partial charge in [0.15, 0.2) is 0 Å². The highest BCUT2D eigenvalue weighted by molar-refractivity contribution is 5.40. The van der Waals surface area contributed by atoms with Gasteiger partial charge in [-0.15, -0.1) is 0 Å². The van der Waals surface area contributed by atoms with Gasteiger partial charge in [-0.3, -0.25) is 0 Å². The summed E-state index contributed by atoms with van der Waals surface area (Å²) < 4.78 is 0. The lowest BCUT2D eigenvalue weighted by Gasteiger charge is -2.25. The fraction of sp³-hybridized carbons (Fsp3) is 0.368. The molecule has 2 rings (SSSR count). The number of benzene rings is 2. The van der Waals surface area contributed by atoms with Crippen molar-refractivity contribution in [2.24, 2.45) is 0 Å². The van der Waals surface area contributed by atoms with Gasteiger partial charge < -0.3 is 5.11 Å². The second-order valence-electron chi connectivity index (χ2n) is 5.60.